The summed E-state index contributed by atoms with van der Waals surface area (Å²) < 4.78 is 2.50. The number of hydrogen-bond donors (Lipinski definition) is 0. The van der Waals surface area contributed by atoms with E-state index >= 15 is 0 Å². The van der Waals surface area contributed by atoms with Gasteiger partial charge in [0.15, 0.2) is 0 Å². The molecule has 0 radical (unpaired) electrons. The number of benzene rings is 9. The summed E-state index contributed by atoms with van der Waals surface area (Å²) in [5.41, 5.74) is 20.4. The summed E-state index contributed by atoms with van der Waals surface area (Å²) in [5.74, 6) is 0.568. The van der Waals surface area contributed by atoms with Gasteiger partial charge in [0, 0.05) is 31.7 Å². The van der Waals surface area contributed by atoms with Crippen LogP contribution in [0, 0.1) is 5.92 Å². The van der Waals surface area contributed by atoms with Gasteiger partial charge >= 0.3 is 0 Å². The van der Waals surface area contributed by atoms with Gasteiger partial charge in [-0.25, -0.2) is 0 Å². The first-order valence-corrected chi connectivity index (χ1v) is 25.3. The minimum atomic E-state index is -1.16. The van der Waals surface area contributed by atoms with E-state index in [2.05, 4.69) is 248 Å². The van der Waals surface area contributed by atoms with Crippen LogP contribution in [0.15, 0.2) is 240 Å². The van der Waals surface area contributed by atoms with Gasteiger partial charge < -0.3 is 4.57 Å². The Morgan fingerprint density at radius 2 is 0.908 bits per heavy atom. The molecule has 2 aliphatic carbocycles. The summed E-state index contributed by atoms with van der Waals surface area (Å²) in [7, 11) is -1.16. The number of nitrogens with zero attached hydrogens (tertiary/aromatic N) is 1. The Morgan fingerprint density at radius 1 is 0.431 bits per heavy atom. The molecule has 0 bridgehead atoms. The molecule has 2 heterocycles. The number of rotatable bonds is 7. The van der Waals surface area contributed by atoms with Gasteiger partial charge in [-0.3, -0.25) is 0 Å². The van der Waals surface area contributed by atoms with Gasteiger partial charge in [-0.1, -0.05) is 188 Å². The predicted molar refractivity (Wildman–Crippen MR) is 277 cm³/mol. The van der Waals surface area contributed by atoms with Crippen LogP contribution in [-0.4, -0.2) is 17.1 Å². The van der Waals surface area contributed by atoms with E-state index in [-0.39, 0.29) is 5.41 Å². The van der Waals surface area contributed by atoms with E-state index in [4.69, 9.17) is 0 Å². The number of aromatic nitrogens is 1. The average Bonchev–Trinajstić information content (AvgIpc) is 3.97. The zero-order valence-corrected chi connectivity index (χ0v) is 37.4. The van der Waals surface area contributed by atoms with Crippen molar-refractivity contribution >= 4 is 37.4 Å². The fourth-order valence-corrected chi connectivity index (χ4v) is 13.5. The molecule has 9 aromatic carbocycles. The molecule has 2 unspecified atom stereocenters. The highest BCUT2D eigenvalue weighted by molar-refractivity contribution is 8.33. The Labute approximate surface area is 383 Å². The van der Waals surface area contributed by atoms with Crippen molar-refractivity contribution in [3.05, 3.63) is 242 Å². The summed E-state index contributed by atoms with van der Waals surface area (Å²) in [6, 6.07) is 79.1. The van der Waals surface area contributed by atoms with Gasteiger partial charge in [0.2, 0.25) is 0 Å². The lowest BCUT2D eigenvalue weighted by molar-refractivity contribution is 0.820. The summed E-state index contributed by atoms with van der Waals surface area (Å²) in [6.07, 6.45) is 13.4. The van der Waals surface area contributed by atoms with E-state index in [0.717, 1.165) is 0 Å². The predicted octanol–water partition coefficient (Wildman–Crippen LogP) is 16.8. The van der Waals surface area contributed by atoms with Crippen molar-refractivity contribution in [1.82, 2.24) is 4.57 Å². The van der Waals surface area contributed by atoms with E-state index < -0.39 is 10.0 Å². The average molecular weight is 850 g/mol. The van der Waals surface area contributed by atoms with Gasteiger partial charge in [-0.05, 0) is 140 Å². The third kappa shape index (κ3) is 6.16. The van der Waals surface area contributed by atoms with Gasteiger partial charge in [0.05, 0.1) is 11.0 Å². The molecule has 310 valence electrons. The maximum Gasteiger partial charge on any atom is 0.0541 e. The molecule has 2 heteroatoms. The second kappa shape index (κ2) is 14.6. The Bertz CT molecular complexity index is 3550. The van der Waals surface area contributed by atoms with E-state index in [0.29, 0.717) is 5.92 Å². The maximum absolute atomic E-state index is 2.50. The highest BCUT2D eigenvalue weighted by atomic mass is 32.3. The molecule has 10 aromatic rings. The first kappa shape index (κ1) is 38.1. The number of hydrogen-bond acceptors (Lipinski definition) is 0. The molecule has 1 aromatic heterocycles. The smallest absolute Gasteiger partial charge is 0.0541 e. The minimum absolute atomic E-state index is 0.181. The lowest BCUT2D eigenvalue weighted by atomic mass is 9.87. The lowest BCUT2D eigenvalue weighted by Gasteiger charge is -2.28. The Balaban J connectivity index is 0.876. The molecular weight excluding hydrogens is 803 g/mol. The van der Waals surface area contributed by atoms with E-state index in [1.54, 1.807) is 0 Å². The van der Waals surface area contributed by atoms with E-state index in [1.807, 2.05) is 0 Å². The quantitative estimate of drug-likeness (QED) is 0.151. The van der Waals surface area contributed by atoms with Crippen LogP contribution in [0.5, 0.6) is 0 Å². The van der Waals surface area contributed by atoms with Crippen molar-refractivity contribution in [1.29, 1.82) is 0 Å². The second-order valence-corrected chi connectivity index (χ2v) is 22.1. The third-order valence-electron chi connectivity index (χ3n) is 14.7. The highest BCUT2D eigenvalue weighted by Crippen LogP contribution is 2.67. The van der Waals surface area contributed by atoms with Crippen molar-refractivity contribution in [2.24, 2.45) is 5.92 Å². The van der Waals surface area contributed by atoms with Crippen LogP contribution in [-0.2, 0) is 5.41 Å². The molecule has 3 aliphatic rings. The second-order valence-electron chi connectivity index (χ2n) is 18.6. The van der Waals surface area contributed by atoms with Crippen LogP contribution in [0.2, 0.25) is 0 Å². The molecule has 1 fully saturated rings. The third-order valence-corrected chi connectivity index (χ3v) is 17.6. The van der Waals surface area contributed by atoms with Crippen LogP contribution in [0.25, 0.3) is 88.7 Å². The number of allylic oxidation sites excluding steroid dienone is 4. The van der Waals surface area contributed by atoms with Crippen LogP contribution >= 0.6 is 10.0 Å². The zero-order valence-electron chi connectivity index (χ0n) is 36.6. The molecule has 0 amide bonds. The molecule has 0 saturated heterocycles. The van der Waals surface area contributed by atoms with Crippen LogP contribution < -0.4 is 0 Å². The zero-order chi connectivity index (χ0) is 43.3. The molecule has 65 heavy (non-hydrogen) atoms. The van der Waals surface area contributed by atoms with Crippen LogP contribution in [0.3, 0.4) is 0 Å². The van der Waals surface area contributed by atoms with Crippen molar-refractivity contribution in [3.8, 4) is 61.3 Å². The van der Waals surface area contributed by atoms with Gasteiger partial charge in [-0.2, -0.15) is 10.0 Å². The summed E-state index contributed by atoms with van der Waals surface area (Å²) >= 11 is 0. The molecule has 13 rings (SSSR count). The fraction of sp³-hybridized carbons (Fsp3) is 0.0794. The first-order chi connectivity index (χ1) is 31.9. The molecule has 1 aliphatic heterocycles. The van der Waals surface area contributed by atoms with Crippen molar-refractivity contribution < 1.29 is 0 Å². The topological polar surface area (TPSA) is 4.93 Å². The Morgan fingerprint density at radius 3 is 1.49 bits per heavy atom. The van der Waals surface area contributed by atoms with Crippen molar-refractivity contribution in [3.63, 3.8) is 0 Å². The van der Waals surface area contributed by atoms with E-state index in [9.17, 15) is 0 Å². The molecule has 1 nitrogen and oxygen atoms in total. The molecule has 2 atom stereocenters. The Kier molecular flexibility index (Phi) is 8.54. The monoisotopic (exact) mass is 849 g/mol. The maximum atomic E-state index is 2.50. The normalized spacial score (nSPS) is 18.2. The van der Waals surface area contributed by atoms with Crippen LogP contribution in [0.1, 0.15) is 17.5 Å². The highest BCUT2D eigenvalue weighted by Gasteiger charge is 2.53. The van der Waals surface area contributed by atoms with E-state index in [1.165, 1.54) is 116 Å². The summed E-state index contributed by atoms with van der Waals surface area (Å²) in [4.78, 5) is 2.94. The van der Waals surface area contributed by atoms with Crippen molar-refractivity contribution in [2.45, 2.75) is 21.6 Å². The van der Waals surface area contributed by atoms with Crippen LogP contribution in [0.4, 0.5) is 0 Å². The molecule has 0 N–H and O–H groups in total. The molecule has 1 saturated carbocycles. The van der Waals surface area contributed by atoms with Gasteiger partial charge in [0.1, 0.15) is 0 Å². The standard InChI is InChI=1S/C63H47NS/c1-65(2)61-16-10-9-15-55(61)56-32-31-54(40-62(56)65)64-59-33-29-49(46-23-21-45(22-24-46)44-19-17-43(18-20-44)42-11-5-3-6-12-42)38-57(59)58-39-50(30-34-60(58)64)47-25-27-48(28-26-47)51-35-36-63(41-53(63)37-51)52-13-7-4-8-14-52/h3-40,53H,41H2,1-2H3. The fourth-order valence-electron chi connectivity index (χ4n) is 11.0. The summed E-state index contributed by atoms with van der Waals surface area (Å²) in [6.45, 7) is 0. The number of fused-ring (bicyclic) bond motifs is 7. The molecule has 0 spiro atoms. The lowest BCUT2D eigenvalue weighted by Crippen LogP contribution is -2.08. The van der Waals surface area contributed by atoms with Gasteiger partial charge in [-0.15, -0.1) is 0 Å². The largest absolute Gasteiger partial charge is 0.309 e. The van der Waals surface area contributed by atoms with Gasteiger partial charge in [0.25, 0.3) is 0 Å². The molecular formula is C63H47NS. The van der Waals surface area contributed by atoms with Crippen molar-refractivity contribution in [2.75, 3.05) is 12.5 Å². The first-order valence-electron chi connectivity index (χ1n) is 22.8. The summed E-state index contributed by atoms with van der Waals surface area (Å²) in [5, 5.41) is 2.52. The minimum Gasteiger partial charge on any atom is -0.309 e. The SMILES string of the molecule is CS1(C)c2ccccc2-c2ccc(-n3c4ccc(-c5ccc(C6=CC7CC7(c7ccccc7)C=C6)cc5)cc4c4cc(-c5ccc(-c6ccc(-c7ccccc7)cc6)cc5)ccc43)cc21. The Hall–Kier alpha value is -7.39.